The third-order valence-electron chi connectivity index (χ3n) is 3.50. The van der Waals surface area contributed by atoms with Crippen molar-refractivity contribution in [3.63, 3.8) is 0 Å². The molecule has 2 rings (SSSR count). The van der Waals surface area contributed by atoms with Crippen LogP contribution in [0, 0.1) is 0 Å². The summed E-state index contributed by atoms with van der Waals surface area (Å²) in [4.78, 5) is 25.5. The van der Waals surface area contributed by atoms with E-state index in [1.54, 1.807) is 49.6 Å². The highest BCUT2D eigenvalue weighted by Crippen LogP contribution is 2.29. The zero-order valence-electron chi connectivity index (χ0n) is 13.9. The first kappa shape index (κ1) is 19.1. The molecule has 0 fully saturated rings. The van der Waals surface area contributed by atoms with Gasteiger partial charge in [0, 0.05) is 36.7 Å². The molecule has 25 heavy (non-hydrogen) atoms. The van der Waals surface area contributed by atoms with Crippen molar-refractivity contribution in [3.8, 4) is 5.75 Å². The van der Waals surface area contributed by atoms with Gasteiger partial charge in [-0.15, -0.1) is 0 Å². The molecule has 0 aliphatic heterocycles. The average molecular weight is 381 g/mol. The minimum Gasteiger partial charge on any atom is -0.497 e. The van der Waals surface area contributed by atoms with Gasteiger partial charge in [0.15, 0.2) is 0 Å². The topological polar surface area (TPSA) is 58.6 Å². The lowest BCUT2D eigenvalue weighted by molar-refractivity contribution is -0.117. The molecule has 2 aromatic carbocycles. The van der Waals surface area contributed by atoms with Crippen molar-refractivity contribution in [3.05, 3.63) is 52.5 Å². The minimum absolute atomic E-state index is 0.121. The lowest BCUT2D eigenvalue weighted by Gasteiger charge is -2.22. The number of methoxy groups -OCH3 is 1. The van der Waals surface area contributed by atoms with Crippen LogP contribution in [-0.2, 0) is 9.59 Å². The number of rotatable bonds is 6. The molecule has 2 aromatic rings. The summed E-state index contributed by atoms with van der Waals surface area (Å²) < 4.78 is 5.12. The van der Waals surface area contributed by atoms with Gasteiger partial charge in [0.25, 0.3) is 0 Å². The molecule has 1 N–H and O–H groups in total. The van der Waals surface area contributed by atoms with E-state index in [1.165, 1.54) is 11.8 Å². The number of anilines is 2. The van der Waals surface area contributed by atoms with Crippen molar-refractivity contribution < 1.29 is 14.3 Å². The fraction of sp³-hybridized carbons (Fsp3) is 0.222. The maximum absolute atomic E-state index is 12.2. The Morgan fingerprint density at radius 3 is 2.56 bits per heavy atom. The number of amides is 2. The van der Waals surface area contributed by atoms with E-state index in [2.05, 4.69) is 5.32 Å². The van der Waals surface area contributed by atoms with E-state index in [0.29, 0.717) is 27.2 Å². The number of benzene rings is 2. The molecule has 0 saturated heterocycles. The lowest BCUT2D eigenvalue weighted by atomic mass is 10.2. The summed E-state index contributed by atoms with van der Waals surface area (Å²) in [6, 6.07) is 11.9. The van der Waals surface area contributed by atoms with Gasteiger partial charge in [-0.3, -0.25) is 9.59 Å². The summed E-state index contributed by atoms with van der Waals surface area (Å²) >= 11 is 12.0. The van der Waals surface area contributed by atoms with Crippen LogP contribution in [0.25, 0.3) is 0 Å². The number of nitrogens with one attached hydrogen (secondary N) is 1. The molecule has 2 amide bonds. The van der Waals surface area contributed by atoms with E-state index >= 15 is 0 Å². The van der Waals surface area contributed by atoms with E-state index in [4.69, 9.17) is 27.9 Å². The van der Waals surface area contributed by atoms with Crippen LogP contribution in [0.2, 0.25) is 10.0 Å². The predicted molar refractivity (Wildman–Crippen MR) is 101 cm³/mol. The van der Waals surface area contributed by atoms with Gasteiger partial charge in [0.2, 0.25) is 11.8 Å². The first-order chi connectivity index (χ1) is 11.9. The van der Waals surface area contributed by atoms with Crippen LogP contribution >= 0.6 is 23.2 Å². The van der Waals surface area contributed by atoms with Crippen molar-refractivity contribution in [2.75, 3.05) is 23.9 Å². The molecule has 0 aliphatic carbocycles. The van der Waals surface area contributed by atoms with Gasteiger partial charge in [-0.05, 0) is 30.3 Å². The van der Waals surface area contributed by atoms with Gasteiger partial charge in [0.05, 0.1) is 17.8 Å². The molecule has 0 saturated carbocycles. The number of hydrogen-bond acceptors (Lipinski definition) is 3. The quantitative estimate of drug-likeness (QED) is 0.808. The van der Waals surface area contributed by atoms with Gasteiger partial charge in [-0.25, -0.2) is 0 Å². The third-order valence-corrected chi connectivity index (χ3v) is 4.03. The zero-order chi connectivity index (χ0) is 18.4. The van der Waals surface area contributed by atoms with E-state index in [9.17, 15) is 9.59 Å². The van der Waals surface area contributed by atoms with Crippen molar-refractivity contribution in [2.45, 2.75) is 13.3 Å². The van der Waals surface area contributed by atoms with Crippen LogP contribution < -0.4 is 15.0 Å². The summed E-state index contributed by atoms with van der Waals surface area (Å²) in [5, 5.41) is 3.61. The monoisotopic (exact) mass is 380 g/mol. The first-order valence-electron chi connectivity index (χ1n) is 7.57. The van der Waals surface area contributed by atoms with E-state index in [1.807, 2.05) is 0 Å². The van der Waals surface area contributed by atoms with Crippen LogP contribution in [0.15, 0.2) is 42.5 Å². The second-order valence-corrected chi connectivity index (χ2v) is 6.14. The molecular formula is C18H18Cl2N2O3. The Bertz CT molecular complexity index is 781. The predicted octanol–water partition coefficient (Wildman–Crippen LogP) is 4.38. The highest BCUT2D eigenvalue weighted by molar-refractivity contribution is 6.36. The summed E-state index contributed by atoms with van der Waals surface area (Å²) in [5.41, 5.74) is 1.15. The van der Waals surface area contributed by atoms with Crippen LogP contribution in [0.1, 0.15) is 13.3 Å². The zero-order valence-corrected chi connectivity index (χ0v) is 15.4. The number of ether oxygens (including phenoxy) is 1. The molecule has 0 unspecified atom stereocenters. The average Bonchev–Trinajstić information content (AvgIpc) is 2.56. The van der Waals surface area contributed by atoms with Crippen LogP contribution in [0.3, 0.4) is 0 Å². The molecular weight excluding hydrogens is 363 g/mol. The molecule has 132 valence electrons. The SMILES string of the molecule is COc1cccc(NC(=O)CCN(C(C)=O)c2ccc(Cl)cc2Cl)c1. The van der Waals surface area contributed by atoms with Gasteiger partial charge >= 0.3 is 0 Å². The Balaban J connectivity index is 2.03. The van der Waals surface area contributed by atoms with Gasteiger partial charge < -0.3 is 15.0 Å². The normalized spacial score (nSPS) is 10.2. The fourth-order valence-corrected chi connectivity index (χ4v) is 2.80. The molecule has 0 aromatic heterocycles. The number of halogens is 2. The molecule has 0 radical (unpaired) electrons. The highest BCUT2D eigenvalue weighted by Gasteiger charge is 2.16. The summed E-state index contributed by atoms with van der Waals surface area (Å²) in [6.45, 7) is 1.62. The van der Waals surface area contributed by atoms with Crippen molar-refractivity contribution in [2.24, 2.45) is 0 Å². The molecule has 0 atom stereocenters. The largest absolute Gasteiger partial charge is 0.497 e. The highest BCUT2D eigenvalue weighted by atomic mass is 35.5. The van der Waals surface area contributed by atoms with Gasteiger partial charge in [0.1, 0.15) is 5.75 Å². The number of carbonyl (C=O) groups excluding carboxylic acids is 2. The number of hydrogen-bond donors (Lipinski definition) is 1. The van der Waals surface area contributed by atoms with E-state index < -0.39 is 0 Å². The van der Waals surface area contributed by atoms with Crippen molar-refractivity contribution >= 4 is 46.4 Å². The Morgan fingerprint density at radius 2 is 1.92 bits per heavy atom. The van der Waals surface area contributed by atoms with E-state index in [0.717, 1.165) is 0 Å². The van der Waals surface area contributed by atoms with Gasteiger partial charge in [-0.2, -0.15) is 0 Å². The minimum atomic E-state index is -0.218. The Kier molecular flexibility index (Phi) is 6.67. The second-order valence-electron chi connectivity index (χ2n) is 5.30. The molecule has 0 aliphatic rings. The maximum atomic E-state index is 12.2. The van der Waals surface area contributed by atoms with Crippen molar-refractivity contribution in [1.29, 1.82) is 0 Å². The molecule has 0 heterocycles. The Hall–Kier alpha value is -2.24. The first-order valence-corrected chi connectivity index (χ1v) is 8.33. The third kappa shape index (κ3) is 5.37. The lowest BCUT2D eigenvalue weighted by Crippen LogP contribution is -2.32. The summed E-state index contributed by atoms with van der Waals surface area (Å²) in [5.74, 6) is 0.221. The van der Waals surface area contributed by atoms with Gasteiger partial charge in [-0.1, -0.05) is 29.3 Å². The summed E-state index contributed by atoms with van der Waals surface area (Å²) in [7, 11) is 1.56. The second kappa shape index (κ2) is 8.74. The number of nitrogens with zero attached hydrogens (tertiary/aromatic N) is 1. The fourth-order valence-electron chi connectivity index (χ4n) is 2.29. The molecule has 5 nitrogen and oxygen atoms in total. The summed E-state index contributed by atoms with van der Waals surface area (Å²) in [6.07, 6.45) is 0.121. The molecule has 0 spiro atoms. The van der Waals surface area contributed by atoms with Crippen molar-refractivity contribution in [1.82, 2.24) is 0 Å². The number of carbonyl (C=O) groups is 2. The van der Waals surface area contributed by atoms with Crippen LogP contribution in [0.4, 0.5) is 11.4 Å². The molecule has 0 bridgehead atoms. The maximum Gasteiger partial charge on any atom is 0.226 e. The van der Waals surface area contributed by atoms with E-state index in [-0.39, 0.29) is 24.8 Å². The Labute approximate surface area is 156 Å². The van der Waals surface area contributed by atoms with Crippen LogP contribution in [0.5, 0.6) is 5.75 Å². The smallest absolute Gasteiger partial charge is 0.226 e. The Morgan fingerprint density at radius 1 is 1.16 bits per heavy atom. The molecule has 7 heteroatoms. The standard InChI is InChI=1S/C18H18Cl2N2O3/c1-12(23)22(17-7-6-13(19)10-16(17)20)9-8-18(24)21-14-4-3-5-15(11-14)25-2/h3-7,10-11H,8-9H2,1-2H3,(H,21,24). The van der Waals surface area contributed by atoms with Crippen LogP contribution in [-0.4, -0.2) is 25.5 Å².